The molecule has 5 nitrogen and oxygen atoms in total. The minimum Gasteiger partial charge on any atom is -0.508 e. The van der Waals surface area contributed by atoms with Gasteiger partial charge in [0.2, 0.25) is 5.13 Å². The zero-order valence-corrected chi connectivity index (χ0v) is 11.1. The van der Waals surface area contributed by atoms with Crippen molar-refractivity contribution in [3.63, 3.8) is 0 Å². The van der Waals surface area contributed by atoms with Crippen molar-refractivity contribution in [3.8, 4) is 22.1 Å². The molecule has 0 fully saturated rings. The van der Waals surface area contributed by atoms with Gasteiger partial charge in [0.1, 0.15) is 11.5 Å². The zero-order chi connectivity index (χ0) is 13.9. The summed E-state index contributed by atoms with van der Waals surface area (Å²) in [4.78, 5) is 0. The normalized spacial score (nSPS) is 10.4. The van der Waals surface area contributed by atoms with Crippen LogP contribution in [0.25, 0.3) is 10.6 Å². The minimum atomic E-state index is -0.0209. The lowest BCUT2D eigenvalue weighted by atomic mass is 10.2. The highest BCUT2D eigenvalue weighted by molar-refractivity contribution is 7.18. The third-order valence-corrected chi connectivity index (χ3v) is 3.53. The van der Waals surface area contributed by atoms with E-state index in [0.29, 0.717) is 15.7 Å². The number of para-hydroxylation sites is 1. The van der Waals surface area contributed by atoms with Gasteiger partial charge in [0, 0.05) is 11.8 Å². The molecule has 0 aliphatic carbocycles. The highest BCUT2D eigenvalue weighted by Crippen LogP contribution is 2.35. The Morgan fingerprint density at radius 2 is 1.75 bits per heavy atom. The molecule has 0 bridgehead atoms. The molecule has 100 valence electrons. The number of benzene rings is 2. The number of rotatable bonds is 3. The smallest absolute Gasteiger partial charge is 0.210 e. The van der Waals surface area contributed by atoms with Gasteiger partial charge in [-0.25, -0.2) is 0 Å². The van der Waals surface area contributed by atoms with Gasteiger partial charge in [-0.1, -0.05) is 29.5 Å². The van der Waals surface area contributed by atoms with Crippen LogP contribution in [0.2, 0.25) is 0 Å². The van der Waals surface area contributed by atoms with Crippen molar-refractivity contribution in [2.45, 2.75) is 0 Å². The molecule has 1 aromatic heterocycles. The number of hydrogen-bond acceptors (Lipinski definition) is 6. The average molecular weight is 285 g/mol. The van der Waals surface area contributed by atoms with Gasteiger partial charge >= 0.3 is 0 Å². The van der Waals surface area contributed by atoms with Gasteiger partial charge in [-0.2, -0.15) is 0 Å². The van der Waals surface area contributed by atoms with Gasteiger partial charge in [-0.3, -0.25) is 0 Å². The predicted octanol–water partition coefficient (Wildman–Crippen LogP) is 3.36. The topological polar surface area (TPSA) is 78.3 Å². The summed E-state index contributed by atoms with van der Waals surface area (Å²) in [5, 5.41) is 31.5. The fourth-order valence-electron chi connectivity index (χ4n) is 1.73. The summed E-state index contributed by atoms with van der Waals surface area (Å²) in [5.74, 6) is -0.00851. The summed E-state index contributed by atoms with van der Waals surface area (Å²) >= 11 is 1.33. The fourth-order valence-corrected chi connectivity index (χ4v) is 2.53. The highest BCUT2D eigenvalue weighted by Gasteiger charge is 2.11. The highest BCUT2D eigenvalue weighted by atomic mass is 32.1. The average Bonchev–Trinajstić information content (AvgIpc) is 2.88. The number of hydrogen-bond donors (Lipinski definition) is 3. The van der Waals surface area contributed by atoms with Crippen molar-refractivity contribution in [2.75, 3.05) is 5.32 Å². The first kappa shape index (κ1) is 12.4. The number of aromatic nitrogens is 2. The number of anilines is 2. The number of phenolic OH excluding ortho intramolecular Hbond substituents is 2. The van der Waals surface area contributed by atoms with Crippen molar-refractivity contribution in [3.05, 3.63) is 48.5 Å². The van der Waals surface area contributed by atoms with Crippen molar-refractivity contribution in [1.29, 1.82) is 0 Å². The number of phenols is 2. The van der Waals surface area contributed by atoms with E-state index in [9.17, 15) is 10.2 Å². The lowest BCUT2D eigenvalue weighted by Crippen LogP contribution is -1.87. The summed E-state index contributed by atoms with van der Waals surface area (Å²) in [7, 11) is 0. The third kappa shape index (κ3) is 2.55. The molecule has 0 spiro atoms. The van der Waals surface area contributed by atoms with E-state index in [1.807, 2.05) is 30.3 Å². The zero-order valence-electron chi connectivity index (χ0n) is 10.3. The predicted molar refractivity (Wildman–Crippen MR) is 78.4 cm³/mol. The molecule has 2 aromatic carbocycles. The Labute approximate surface area is 119 Å². The van der Waals surface area contributed by atoms with Gasteiger partial charge in [0.15, 0.2) is 5.01 Å². The van der Waals surface area contributed by atoms with E-state index in [1.165, 1.54) is 23.5 Å². The molecule has 0 unspecified atom stereocenters. The standard InChI is InChI=1S/C14H11N3O2S/c18-10-6-7-11(12(19)8-10)13-16-17-14(20-13)15-9-4-2-1-3-5-9/h1-8,18-19H,(H,15,17). The second kappa shape index (κ2) is 5.18. The van der Waals surface area contributed by atoms with Crippen LogP contribution in [0, 0.1) is 0 Å². The molecule has 6 heteroatoms. The van der Waals surface area contributed by atoms with Crippen LogP contribution in [0.3, 0.4) is 0 Å². The Balaban J connectivity index is 1.87. The minimum absolute atomic E-state index is 0.0124. The van der Waals surface area contributed by atoms with Crippen LogP contribution >= 0.6 is 11.3 Å². The van der Waals surface area contributed by atoms with E-state index in [-0.39, 0.29) is 11.5 Å². The van der Waals surface area contributed by atoms with Crippen LogP contribution in [0.5, 0.6) is 11.5 Å². The monoisotopic (exact) mass is 285 g/mol. The number of nitrogens with zero attached hydrogens (tertiary/aromatic N) is 2. The van der Waals surface area contributed by atoms with Gasteiger partial charge < -0.3 is 15.5 Å². The van der Waals surface area contributed by atoms with Crippen molar-refractivity contribution >= 4 is 22.2 Å². The first-order chi connectivity index (χ1) is 9.72. The fraction of sp³-hybridized carbons (Fsp3) is 0. The van der Waals surface area contributed by atoms with Crippen molar-refractivity contribution in [1.82, 2.24) is 10.2 Å². The van der Waals surface area contributed by atoms with E-state index >= 15 is 0 Å². The molecule has 1 heterocycles. The van der Waals surface area contributed by atoms with Crippen LogP contribution in [0.15, 0.2) is 48.5 Å². The molecule has 0 aliphatic heterocycles. The lowest BCUT2D eigenvalue weighted by Gasteiger charge is -2.01. The van der Waals surface area contributed by atoms with Gasteiger partial charge in [-0.15, -0.1) is 10.2 Å². The van der Waals surface area contributed by atoms with E-state index in [2.05, 4.69) is 15.5 Å². The van der Waals surface area contributed by atoms with Crippen molar-refractivity contribution in [2.24, 2.45) is 0 Å². The van der Waals surface area contributed by atoms with Gasteiger partial charge in [0.05, 0.1) is 5.56 Å². The number of nitrogens with one attached hydrogen (secondary N) is 1. The van der Waals surface area contributed by atoms with Crippen LogP contribution in [-0.4, -0.2) is 20.4 Å². The molecule has 0 amide bonds. The van der Waals surface area contributed by atoms with Crippen LogP contribution in [0.1, 0.15) is 0 Å². The largest absolute Gasteiger partial charge is 0.508 e. The second-order valence-electron chi connectivity index (χ2n) is 4.10. The Bertz CT molecular complexity index is 728. The van der Waals surface area contributed by atoms with Crippen molar-refractivity contribution < 1.29 is 10.2 Å². The van der Waals surface area contributed by atoms with Crippen LogP contribution in [0.4, 0.5) is 10.8 Å². The van der Waals surface area contributed by atoms with E-state index in [1.54, 1.807) is 6.07 Å². The molecule has 0 aliphatic rings. The summed E-state index contributed by atoms with van der Waals surface area (Å²) in [5.41, 5.74) is 1.46. The maximum Gasteiger partial charge on any atom is 0.210 e. The van der Waals surface area contributed by atoms with Crippen LogP contribution in [-0.2, 0) is 0 Å². The van der Waals surface area contributed by atoms with Crippen LogP contribution < -0.4 is 5.32 Å². The second-order valence-corrected chi connectivity index (χ2v) is 5.08. The summed E-state index contributed by atoms with van der Waals surface area (Å²) in [6.07, 6.45) is 0. The molecule has 3 aromatic rings. The summed E-state index contributed by atoms with van der Waals surface area (Å²) in [6, 6.07) is 14.0. The summed E-state index contributed by atoms with van der Waals surface area (Å²) in [6.45, 7) is 0. The maximum atomic E-state index is 9.80. The van der Waals surface area contributed by atoms with Gasteiger partial charge in [-0.05, 0) is 24.3 Å². The lowest BCUT2D eigenvalue weighted by molar-refractivity contribution is 0.452. The molecule has 20 heavy (non-hydrogen) atoms. The van der Waals surface area contributed by atoms with E-state index in [4.69, 9.17) is 0 Å². The molecule has 0 saturated carbocycles. The Kier molecular flexibility index (Phi) is 3.22. The SMILES string of the molecule is Oc1ccc(-c2nnc(Nc3ccccc3)s2)c(O)c1. The first-order valence-corrected chi connectivity index (χ1v) is 6.72. The molecule has 0 atom stereocenters. The van der Waals surface area contributed by atoms with Gasteiger partial charge in [0.25, 0.3) is 0 Å². The molecule has 0 radical (unpaired) electrons. The summed E-state index contributed by atoms with van der Waals surface area (Å²) < 4.78 is 0. The molecule has 3 N–H and O–H groups in total. The molecular formula is C14H11N3O2S. The molecule has 0 saturated heterocycles. The van der Waals surface area contributed by atoms with E-state index in [0.717, 1.165) is 5.69 Å². The first-order valence-electron chi connectivity index (χ1n) is 5.90. The quantitative estimate of drug-likeness (QED) is 0.687. The molecule has 3 rings (SSSR count). The molecular weight excluding hydrogens is 274 g/mol. The Hall–Kier alpha value is -2.60. The Morgan fingerprint density at radius 1 is 0.950 bits per heavy atom. The maximum absolute atomic E-state index is 9.80. The third-order valence-electron chi connectivity index (χ3n) is 2.66. The van der Waals surface area contributed by atoms with E-state index < -0.39 is 0 Å². The number of aromatic hydroxyl groups is 2. The Morgan fingerprint density at radius 3 is 2.50 bits per heavy atom.